The molecular formula is C9H12FNO3. The van der Waals surface area contributed by atoms with Crippen LogP contribution in [0.2, 0.25) is 0 Å². The van der Waals surface area contributed by atoms with Crippen LogP contribution in [-0.2, 0) is 6.54 Å². The Hall–Kier alpha value is -1.33. The SMILES string of the molecule is COc1cc(F)c(CNO)c(OC)c1. The Bertz CT molecular complexity index is 317. The van der Waals surface area contributed by atoms with Gasteiger partial charge in [-0.05, 0) is 0 Å². The molecule has 1 aromatic carbocycles. The van der Waals surface area contributed by atoms with Crippen molar-refractivity contribution in [3.8, 4) is 11.5 Å². The predicted octanol–water partition coefficient (Wildman–Crippen LogP) is 1.32. The number of hydrogen-bond donors (Lipinski definition) is 2. The summed E-state index contributed by atoms with van der Waals surface area (Å²) in [6.45, 7) is -0.0149. The van der Waals surface area contributed by atoms with E-state index in [4.69, 9.17) is 14.7 Å². The van der Waals surface area contributed by atoms with E-state index in [1.54, 1.807) is 6.07 Å². The molecule has 0 amide bonds. The highest BCUT2D eigenvalue weighted by molar-refractivity contribution is 5.41. The largest absolute Gasteiger partial charge is 0.497 e. The third-order valence-corrected chi connectivity index (χ3v) is 1.84. The fourth-order valence-corrected chi connectivity index (χ4v) is 1.14. The number of methoxy groups -OCH3 is 2. The van der Waals surface area contributed by atoms with E-state index in [2.05, 4.69) is 0 Å². The van der Waals surface area contributed by atoms with Crippen molar-refractivity contribution < 1.29 is 19.1 Å². The zero-order valence-corrected chi connectivity index (χ0v) is 8.00. The summed E-state index contributed by atoms with van der Waals surface area (Å²) in [4.78, 5) is 0. The summed E-state index contributed by atoms with van der Waals surface area (Å²) in [5, 5.41) is 8.49. The van der Waals surface area contributed by atoms with Crippen LogP contribution in [-0.4, -0.2) is 19.4 Å². The van der Waals surface area contributed by atoms with Crippen molar-refractivity contribution >= 4 is 0 Å². The minimum atomic E-state index is -0.484. The number of nitrogens with one attached hydrogen (secondary N) is 1. The van der Waals surface area contributed by atoms with Crippen molar-refractivity contribution in [3.63, 3.8) is 0 Å². The van der Waals surface area contributed by atoms with E-state index < -0.39 is 5.82 Å². The molecule has 2 N–H and O–H groups in total. The molecule has 0 bridgehead atoms. The van der Waals surface area contributed by atoms with Gasteiger partial charge in [0, 0.05) is 17.7 Å². The molecule has 0 saturated heterocycles. The van der Waals surface area contributed by atoms with Gasteiger partial charge >= 0.3 is 0 Å². The number of hydroxylamine groups is 1. The number of benzene rings is 1. The number of hydrogen-bond acceptors (Lipinski definition) is 4. The van der Waals surface area contributed by atoms with E-state index in [1.165, 1.54) is 20.3 Å². The van der Waals surface area contributed by atoms with Crippen molar-refractivity contribution in [1.82, 2.24) is 5.48 Å². The Morgan fingerprint density at radius 1 is 1.36 bits per heavy atom. The molecule has 0 spiro atoms. The lowest BCUT2D eigenvalue weighted by Gasteiger charge is -2.10. The van der Waals surface area contributed by atoms with Gasteiger partial charge in [0.2, 0.25) is 0 Å². The van der Waals surface area contributed by atoms with Crippen LogP contribution in [0.3, 0.4) is 0 Å². The van der Waals surface area contributed by atoms with E-state index in [-0.39, 0.29) is 12.1 Å². The molecule has 0 atom stereocenters. The van der Waals surface area contributed by atoms with Gasteiger partial charge in [0.15, 0.2) is 0 Å². The average Bonchev–Trinajstić information content (AvgIpc) is 2.20. The molecular weight excluding hydrogens is 189 g/mol. The summed E-state index contributed by atoms with van der Waals surface area (Å²) >= 11 is 0. The Kier molecular flexibility index (Phi) is 3.67. The lowest BCUT2D eigenvalue weighted by molar-refractivity contribution is 0.158. The Balaban J connectivity index is 3.13. The normalized spacial score (nSPS) is 10.0. The second-order valence-electron chi connectivity index (χ2n) is 2.62. The lowest BCUT2D eigenvalue weighted by atomic mass is 10.2. The minimum absolute atomic E-state index is 0.0149. The van der Waals surface area contributed by atoms with Gasteiger partial charge in [0.1, 0.15) is 17.3 Å². The topological polar surface area (TPSA) is 50.7 Å². The zero-order chi connectivity index (χ0) is 10.6. The number of rotatable bonds is 4. The summed E-state index contributed by atoms with van der Waals surface area (Å²) in [5.41, 5.74) is 2.14. The van der Waals surface area contributed by atoms with E-state index in [0.29, 0.717) is 11.5 Å². The third-order valence-electron chi connectivity index (χ3n) is 1.84. The van der Waals surface area contributed by atoms with Gasteiger partial charge < -0.3 is 14.7 Å². The Labute approximate surface area is 81.2 Å². The van der Waals surface area contributed by atoms with Crippen LogP contribution in [0, 0.1) is 5.82 Å². The monoisotopic (exact) mass is 201 g/mol. The highest BCUT2D eigenvalue weighted by atomic mass is 19.1. The Morgan fingerprint density at radius 2 is 2.07 bits per heavy atom. The Morgan fingerprint density at radius 3 is 2.57 bits per heavy atom. The van der Waals surface area contributed by atoms with E-state index in [1.807, 2.05) is 5.48 Å². The summed E-state index contributed by atoms with van der Waals surface area (Å²) in [6.07, 6.45) is 0. The van der Waals surface area contributed by atoms with Crippen molar-refractivity contribution in [2.45, 2.75) is 6.54 Å². The summed E-state index contributed by atoms with van der Waals surface area (Å²) in [5.74, 6) is 0.229. The quantitative estimate of drug-likeness (QED) is 0.721. The molecule has 4 nitrogen and oxygen atoms in total. The molecule has 0 aromatic heterocycles. The van der Waals surface area contributed by atoms with E-state index in [0.717, 1.165) is 0 Å². The maximum Gasteiger partial charge on any atom is 0.135 e. The average molecular weight is 201 g/mol. The summed E-state index contributed by atoms with van der Waals surface area (Å²) < 4.78 is 23.2. The van der Waals surface area contributed by atoms with Crippen LogP contribution in [0.1, 0.15) is 5.56 Å². The molecule has 0 saturated carbocycles. The third kappa shape index (κ3) is 2.12. The molecule has 1 rings (SSSR count). The first-order valence-corrected chi connectivity index (χ1v) is 4.00. The standard InChI is InChI=1S/C9H12FNO3/c1-13-6-3-8(10)7(5-11-12)9(4-6)14-2/h3-4,11-12H,5H2,1-2H3. The van der Waals surface area contributed by atoms with Crippen LogP contribution in [0.5, 0.6) is 11.5 Å². The first-order chi connectivity index (χ1) is 6.72. The van der Waals surface area contributed by atoms with Crippen LogP contribution < -0.4 is 15.0 Å². The first-order valence-electron chi connectivity index (χ1n) is 4.00. The van der Waals surface area contributed by atoms with E-state index >= 15 is 0 Å². The summed E-state index contributed by atoms with van der Waals surface area (Å²) in [7, 11) is 2.87. The molecule has 78 valence electrons. The summed E-state index contributed by atoms with van der Waals surface area (Å²) in [6, 6.07) is 2.78. The van der Waals surface area contributed by atoms with Crippen LogP contribution in [0.4, 0.5) is 4.39 Å². The molecule has 0 aliphatic rings. The molecule has 1 aromatic rings. The van der Waals surface area contributed by atoms with Gasteiger partial charge in [-0.3, -0.25) is 0 Å². The maximum atomic E-state index is 13.4. The molecule has 0 aliphatic carbocycles. The van der Waals surface area contributed by atoms with Gasteiger partial charge in [-0.2, -0.15) is 0 Å². The second-order valence-corrected chi connectivity index (χ2v) is 2.62. The molecule has 0 radical (unpaired) electrons. The minimum Gasteiger partial charge on any atom is -0.497 e. The molecule has 0 heterocycles. The van der Waals surface area contributed by atoms with E-state index in [9.17, 15) is 4.39 Å². The molecule has 14 heavy (non-hydrogen) atoms. The lowest BCUT2D eigenvalue weighted by Crippen LogP contribution is -2.09. The number of ether oxygens (including phenoxy) is 2. The molecule has 0 fully saturated rings. The number of halogens is 1. The maximum absolute atomic E-state index is 13.4. The van der Waals surface area contributed by atoms with Crippen molar-refractivity contribution in [2.24, 2.45) is 0 Å². The molecule has 0 aliphatic heterocycles. The van der Waals surface area contributed by atoms with Gasteiger partial charge in [-0.1, -0.05) is 0 Å². The first kappa shape index (κ1) is 10.7. The fourth-order valence-electron chi connectivity index (χ4n) is 1.14. The smallest absolute Gasteiger partial charge is 0.135 e. The highest BCUT2D eigenvalue weighted by Gasteiger charge is 2.11. The van der Waals surface area contributed by atoms with Crippen LogP contribution >= 0.6 is 0 Å². The van der Waals surface area contributed by atoms with Gasteiger partial charge in [-0.15, -0.1) is 0 Å². The highest BCUT2D eigenvalue weighted by Crippen LogP contribution is 2.27. The van der Waals surface area contributed by atoms with Gasteiger partial charge in [0.05, 0.1) is 20.8 Å². The fraction of sp³-hybridized carbons (Fsp3) is 0.333. The van der Waals surface area contributed by atoms with Crippen molar-refractivity contribution in [1.29, 1.82) is 0 Å². The second kappa shape index (κ2) is 4.78. The van der Waals surface area contributed by atoms with Crippen molar-refractivity contribution in [2.75, 3.05) is 14.2 Å². The zero-order valence-electron chi connectivity index (χ0n) is 8.00. The van der Waals surface area contributed by atoms with Gasteiger partial charge in [0.25, 0.3) is 0 Å². The van der Waals surface area contributed by atoms with Crippen LogP contribution in [0.25, 0.3) is 0 Å². The van der Waals surface area contributed by atoms with Crippen molar-refractivity contribution in [3.05, 3.63) is 23.5 Å². The molecule has 0 unspecified atom stereocenters. The van der Waals surface area contributed by atoms with Crippen LogP contribution in [0.15, 0.2) is 12.1 Å². The molecule has 5 heteroatoms. The predicted molar refractivity (Wildman–Crippen MR) is 48.1 cm³/mol. The van der Waals surface area contributed by atoms with Gasteiger partial charge in [-0.25, -0.2) is 9.87 Å².